The van der Waals surface area contributed by atoms with E-state index in [1.165, 1.54) is 18.9 Å². The molecule has 2 heterocycles. The molecule has 1 saturated carbocycles. The number of amides is 1. The molecular formula is C18H23N3O2. The lowest BCUT2D eigenvalue weighted by Gasteiger charge is -2.36. The second-order valence-corrected chi connectivity index (χ2v) is 7.06. The van der Waals surface area contributed by atoms with Gasteiger partial charge in [-0.1, -0.05) is 18.2 Å². The van der Waals surface area contributed by atoms with E-state index in [9.17, 15) is 9.59 Å². The van der Waals surface area contributed by atoms with E-state index in [0.29, 0.717) is 5.69 Å². The minimum atomic E-state index is -0.223. The van der Waals surface area contributed by atoms with Crippen LogP contribution in [-0.2, 0) is 0 Å². The molecule has 0 unspecified atom stereocenters. The summed E-state index contributed by atoms with van der Waals surface area (Å²) in [4.78, 5) is 30.8. The molecule has 0 aromatic carbocycles. The van der Waals surface area contributed by atoms with Gasteiger partial charge in [-0.3, -0.25) is 14.5 Å². The third-order valence-electron chi connectivity index (χ3n) is 5.57. The molecule has 3 aliphatic rings. The first-order valence-corrected chi connectivity index (χ1v) is 8.58. The Hall–Kier alpha value is -1.88. The van der Waals surface area contributed by atoms with Gasteiger partial charge >= 0.3 is 0 Å². The molecule has 4 rings (SSSR count). The van der Waals surface area contributed by atoms with Crippen molar-refractivity contribution in [2.75, 3.05) is 32.7 Å². The number of carbonyl (C=O) groups is 1. The fourth-order valence-electron chi connectivity index (χ4n) is 4.31. The molecule has 122 valence electrons. The van der Waals surface area contributed by atoms with Gasteiger partial charge in [-0.25, -0.2) is 0 Å². The number of nitrogens with one attached hydrogen (secondary N) is 1. The smallest absolute Gasteiger partial charge is 0.270 e. The summed E-state index contributed by atoms with van der Waals surface area (Å²) in [5.74, 6) is 2.35. The summed E-state index contributed by atoms with van der Waals surface area (Å²) in [6.07, 6.45) is 7.48. The van der Waals surface area contributed by atoms with Gasteiger partial charge < -0.3 is 9.88 Å². The van der Waals surface area contributed by atoms with E-state index in [1.54, 1.807) is 12.1 Å². The van der Waals surface area contributed by atoms with Crippen molar-refractivity contribution in [3.8, 4) is 0 Å². The lowest BCUT2D eigenvalue weighted by atomic mass is 9.93. The third kappa shape index (κ3) is 2.98. The van der Waals surface area contributed by atoms with Gasteiger partial charge in [0.1, 0.15) is 5.69 Å². The van der Waals surface area contributed by atoms with Crippen molar-refractivity contribution < 1.29 is 4.79 Å². The maximum absolute atomic E-state index is 12.4. The van der Waals surface area contributed by atoms with Crippen molar-refractivity contribution in [2.45, 2.75) is 12.8 Å². The maximum Gasteiger partial charge on any atom is 0.270 e. The van der Waals surface area contributed by atoms with Crippen LogP contribution in [0, 0.1) is 17.8 Å². The van der Waals surface area contributed by atoms with Crippen LogP contribution in [0.5, 0.6) is 0 Å². The summed E-state index contributed by atoms with van der Waals surface area (Å²) in [7, 11) is 0. The van der Waals surface area contributed by atoms with E-state index in [-0.39, 0.29) is 11.5 Å². The fraction of sp³-hybridized carbons (Fsp3) is 0.556. The predicted octanol–water partition coefficient (Wildman–Crippen LogP) is 1.34. The summed E-state index contributed by atoms with van der Waals surface area (Å²) in [5.41, 5.74) is 0.169. The highest BCUT2D eigenvalue weighted by molar-refractivity contribution is 5.92. The maximum atomic E-state index is 12.4. The predicted molar refractivity (Wildman–Crippen MR) is 88.3 cm³/mol. The average Bonchev–Trinajstić information content (AvgIpc) is 3.18. The SMILES string of the molecule is O=C(c1cccc(=O)[nH]1)N1CCN(C[C@H]2C[C@@H]3C=C[C@H]2C3)CC1. The number of rotatable bonds is 3. The van der Waals surface area contributed by atoms with Gasteiger partial charge in [0.25, 0.3) is 5.91 Å². The summed E-state index contributed by atoms with van der Waals surface area (Å²) in [5, 5.41) is 0. The van der Waals surface area contributed by atoms with E-state index in [1.807, 2.05) is 4.90 Å². The highest BCUT2D eigenvalue weighted by atomic mass is 16.2. The Labute approximate surface area is 136 Å². The van der Waals surface area contributed by atoms with Crippen molar-refractivity contribution in [3.05, 3.63) is 46.4 Å². The Morgan fingerprint density at radius 1 is 1.13 bits per heavy atom. The Morgan fingerprint density at radius 3 is 2.61 bits per heavy atom. The molecule has 2 fully saturated rings. The van der Waals surface area contributed by atoms with Gasteiger partial charge in [-0.2, -0.15) is 0 Å². The van der Waals surface area contributed by atoms with Crippen molar-refractivity contribution in [2.24, 2.45) is 17.8 Å². The highest BCUT2D eigenvalue weighted by Gasteiger charge is 2.36. The minimum Gasteiger partial charge on any atom is -0.335 e. The minimum absolute atomic E-state index is 0.0646. The summed E-state index contributed by atoms with van der Waals surface area (Å²) < 4.78 is 0. The van der Waals surface area contributed by atoms with Gasteiger partial charge in [0.05, 0.1) is 0 Å². The molecule has 0 spiro atoms. The van der Waals surface area contributed by atoms with E-state index in [0.717, 1.165) is 50.5 Å². The number of pyridine rings is 1. The number of H-pyrrole nitrogens is 1. The van der Waals surface area contributed by atoms with Gasteiger partial charge in [0.15, 0.2) is 0 Å². The van der Waals surface area contributed by atoms with Crippen LogP contribution in [0.2, 0.25) is 0 Å². The molecule has 1 aliphatic heterocycles. The fourth-order valence-corrected chi connectivity index (χ4v) is 4.31. The second-order valence-electron chi connectivity index (χ2n) is 7.06. The number of aromatic nitrogens is 1. The number of piperazine rings is 1. The van der Waals surface area contributed by atoms with Crippen LogP contribution in [0.25, 0.3) is 0 Å². The molecule has 1 aromatic rings. The zero-order chi connectivity index (χ0) is 15.8. The van der Waals surface area contributed by atoms with Crippen LogP contribution in [0.15, 0.2) is 35.1 Å². The number of allylic oxidation sites excluding steroid dienone is 2. The molecule has 1 amide bonds. The Balaban J connectivity index is 1.31. The third-order valence-corrected chi connectivity index (χ3v) is 5.57. The molecule has 2 bridgehead atoms. The Morgan fingerprint density at radius 2 is 1.96 bits per heavy atom. The van der Waals surface area contributed by atoms with Crippen molar-refractivity contribution in [1.82, 2.24) is 14.8 Å². The first kappa shape index (κ1) is 14.7. The van der Waals surface area contributed by atoms with Crippen LogP contribution in [0.1, 0.15) is 23.3 Å². The molecule has 0 radical (unpaired) electrons. The van der Waals surface area contributed by atoms with Crippen LogP contribution in [0.4, 0.5) is 0 Å². The molecular weight excluding hydrogens is 290 g/mol. The molecule has 1 saturated heterocycles. The zero-order valence-corrected chi connectivity index (χ0v) is 13.3. The number of hydrogen-bond acceptors (Lipinski definition) is 3. The monoisotopic (exact) mass is 313 g/mol. The van der Waals surface area contributed by atoms with Crippen LogP contribution in [-0.4, -0.2) is 53.4 Å². The number of hydrogen-bond donors (Lipinski definition) is 1. The number of carbonyl (C=O) groups excluding carboxylic acids is 1. The molecule has 3 atom stereocenters. The zero-order valence-electron chi connectivity index (χ0n) is 13.3. The number of nitrogens with zero attached hydrogens (tertiary/aromatic N) is 2. The van der Waals surface area contributed by atoms with Crippen molar-refractivity contribution >= 4 is 5.91 Å². The number of aromatic amines is 1. The topological polar surface area (TPSA) is 56.4 Å². The second kappa shape index (κ2) is 5.96. The quantitative estimate of drug-likeness (QED) is 0.857. The number of fused-ring (bicyclic) bond motifs is 2. The van der Waals surface area contributed by atoms with E-state index in [2.05, 4.69) is 22.0 Å². The van der Waals surface area contributed by atoms with Gasteiger partial charge in [0, 0.05) is 38.8 Å². The standard InChI is InChI=1S/C18H23N3O2/c22-17-3-1-2-16(19-17)18(23)21-8-6-20(7-9-21)12-15-11-13-4-5-14(15)10-13/h1-5,13-15H,6-12H2,(H,19,22)/t13-,14+,15-/m1/s1. The van der Waals surface area contributed by atoms with Crippen LogP contribution >= 0.6 is 0 Å². The van der Waals surface area contributed by atoms with E-state index >= 15 is 0 Å². The molecule has 2 aliphatic carbocycles. The lowest BCUT2D eigenvalue weighted by Crippen LogP contribution is -2.50. The Kier molecular flexibility index (Phi) is 3.81. The lowest BCUT2D eigenvalue weighted by molar-refractivity contribution is 0.0604. The first-order valence-electron chi connectivity index (χ1n) is 8.58. The molecule has 23 heavy (non-hydrogen) atoms. The molecule has 5 heteroatoms. The Bertz CT molecular complexity index is 673. The van der Waals surface area contributed by atoms with E-state index in [4.69, 9.17) is 0 Å². The molecule has 1 N–H and O–H groups in total. The summed E-state index contributed by atoms with van der Waals surface area (Å²) in [6, 6.07) is 4.74. The van der Waals surface area contributed by atoms with Crippen molar-refractivity contribution in [1.29, 1.82) is 0 Å². The van der Waals surface area contributed by atoms with Crippen LogP contribution < -0.4 is 5.56 Å². The summed E-state index contributed by atoms with van der Waals surface area (Å²) >= 11 is 0. The summed E-state index contributed by atoms with van der Waals surface area (Å²) in [6.45, 7) is 4.51. The molecule has 1 aromatic heterocycles. The highest BCUT2D eigenvalue weighted by Crippen LogP contribution is 2.43. The van der Waals surface area contributed by atoms with Gasteiger partial charge in [0.2, 0.25) is 5.56 Å². The van der Waals surface area contributed by atoms with Gasteiger partial charge in [-0.05, 0) is 36.7 Å². The largest absolute Gasteiger partial charge is 0.335 e. The van der Waals surface area contributed by atoms with E-state index < -0.39 is 0 Å². The van der Waals surface area contributed by atoms with Crippen molar-refractivity contribution in [3.63, 3.8) is 0 Å². The normalized spacial score (nSPS) is 30.1. The average molecular weight is 313 g/mol. The molecule has 5 nitrogen and oxygen atoms in total. The van der Waals surface area contributed by atoms with Gasteiger partial charge in [-0.15, -0.1) is 0 Å². The van der Waals surface area contributed by atoms with Crippen LogP contribution in [0.3, 0.4) is 0 Å². The first-order chi connectivity index (χ1) is 11.2.